The van der Waals surface area contributed by atoms with E-state index in [0.717, 1.165) is 42.3 Å². The highest BCUT2D eigenvalue weighted by Crippen LogP contribution is 2.34. The molecule has 4 nitrogen and oxygen atoms in total. The normalized spacial score (nSPS) is 22.7. The minimum atomic E-state index is 0.0785. The second kappa shape index (κ2) is 6.97. The van der Waals surface area contributed by atoms with Gasteiger partial charge < -0.3 is 19.5 Å². The Morgan fingerprint density at radius 3 is 3.00 bits per heavy atom. The number of rotatable bonds is 5. The standard InChI is InChI=1S/C16H22ClNO3/c1-2-18-14(15-10-19-5-6-20-15)9-12-8-13(17)7-11-3-4-21-16(11)12/h7-8,14-15,18H,2-6,9-10H2,1H3. The van der Waals surface area contributed by atoms with Gasteiger partial charge in [-0.25, -0.2) is 0 Å². The molecule has 0 aliphatic carbocycles. The van der Waals surface area contributed by atoms with Crippen molar-refractivity contribution in [1.29, 1.82) is 0 Å². The van der Waals surface area contributed by atoms with Crippen molar-refractivity contribution < 1.29 is 14.2 Å². The summed E-state index contributed by atoms with van der Waals surface area (Å²) in [6.07, 6.45) is 1.86. The highest BCUT2D eigenvalue weighted by molar-refractivity contribution is 6.30. The van der Waals surface area contributed by atoms with Crippen LogP contribution < -0.4 is 10.1 Å². The first-order valence-electron chi connectivity index (χ1n) is 7.64. The molecule has 1 saturated heterocycles. The summed E-state index contributed by atoms with van der Waals surface area (Å²) in [5.74, 6) is 1.01. The zero-order valence-corrected chi connectivity index (χ0v) is 13.1. The van der Waals surface area contributed by atoms with Gasteiger partial charge in [0.05, 0.1) is 32.5 Å². The summed E-state index contributed by atoms with van der Waals surface area (Å²) in [5, 5.41) is 4.29. The third kappa shape index (κ3) is 3.51. The average molecular weight is 312 g/mol. The lowest BCUT2D eigenvalue weighted by atomic mass is 9.98. The molecule has 116 valence electrons. The van der Waals surface area contributed by atoms with Gasteiger partial charge in [0.15, 0.2) is 0 Å². The number of ether oxygens (including phenoxy) is 3. The van der Waals surface area contributed by atoms with Gasteiger partial charge in [-0.05, 0) is 36.2 Å². The number of halogens is 1. The van der Waals surface area contributed by atoms with Crippen molar-refractivity contribution in [3.8, 4) is 5.75 Å². The first kappa shape index (κ1) is 15.1. The highest BCUT2D eigenvalue weighted by Gasteiger charge is 2.27. The lowest BCUT2D eigenvalue weighted by Gasteiger charge is -2.31. The molecule has 5 heteroatoms. The van der Waals surface area contributed by atoms with E-state index in [9.17, 15) is 0 Å². The smallest absolute Gasteiger partial charge is 0.125 e. The van der Waals surface area contributed by atoms with Crippen molar-refractivity contribution >= 4 is 11.6 Å². The van der Waals surface area contributed by atoms with Crippen LogP contribution in [0.4, 0.5) is 0 Å². The van der Waals surface area contributed by atoms with Crippen molar-refractivity contribution in [2.45, 2.75) is 31.9 Å². The molecule has 2 aliphatic heterocycles. The molecule has 2 aliphatic rings. The fraction of sp³-hybridized carbons (Fsp3) is 0.625. The quantitative estimate of drug-likeness (QED) is 0.905. The van der Waals surface area contributed by atoms with Crippen LogP contribution in [0.3, 0.4) is 0 Å². The van der Waals surface area contributed by atoms with Crippen molar-refractivity contribution in [2.75, 3.05) is 33.0 Å². The molecule has 0 radical (unpaired) electrons. The summed E-state index contributed by atoms with van der Waals surface area (Å²) < 4.78 is 17.2. The van der Waals surface area contributed by atoms with Gasteiger partial charge in [-0.2, -0.15) is 0 Å². The van der Waals surface area contributed by atoms with E-state index in [0.29, 0.717) is 19.8 Å². The topological polar surface area (TPSA) is 39.7 Å². The Balaban J connectivity index is 1.79. The summed E-state index contributed by atoms with van der Waals surface area (Å²) in [6.45, 7) is 5.74. The molecule has 3 rings (SSSR count). The highest BCUT2D eigenvalue weighted by atomic mass is 35.5. The molecule has 2 unspecified atom stereocenters. The van der Waals surface area contributed by atoms with Gasteiger partial charge >= 0.3 is 0 Å². The van der Waals surface area contributed by atoms with E-state index < -0.39 is 0 Å². The summed E-state index contributed by atoms with van der Waals surface area (Å²) in [4.78, 5) is 0. The van der Waals surface area contributed by atoms with E-state index >= 15 is 0 Å². The number of hydrogen-bond donors (Lipinski definition) is 1. The molecule has 0 amide bonds. The maximum absolute atomic E-state index is 6.24. The van der Waals surface area contributed by atoms with Crippen LogP contribution in [0.15, 0.2) is 12.1 Å². The molecule has 2 atom stereocenters. The van der Waals surface area contributed by atoms with E-state index in [1.54, 1.807) is 0 Å². The molecule has 2 heterocycles. The molecule has 0 spiro atoms. The van der Waals surface area contributed by atoms with Gasteiger partial charge in [-0.3, -0.25) is 0 Å². The van der Waals surface area contributed by atoms with Crippen LogP contribution in [0.1, 0.15) is 18.1 Å². The van der Waals surface area contributed by atoms with E-state index in [2.05, 4.69) is 12.2 Å². The number of benzene rings is 1. The third-order valence-corrected chi connectivity index (χ3v) is 4.24. The van der Waals surface area contributed by atoms with Crippen molar-refractivity contribution in [2.24, 2.45) is 0 Å². The van der Waals surface area contributed by atoms with Crippen LogP contribution in [0, 0.1) is 0 Å². The second-order valence-corrected chi connectivity index (χ2v) is 5.94. The van der Waals surface area contributed by atoms with E-state index in [4.69, 9.17) is 25.8 Å². The molecule has 0 aromatic heterocycles. The van der Waals surface area contributed by atoms with Gasteiger partial charge in [0.2, 0.25) is 0 Å². The van der Waals surface area contributed by atoms with Crippen LogP contribution in [0.2, 0.25) is 5.02 Å². The Labute approximate surface area is 130 Å². The Morgan fingerprint density at radius 1 is 1.33 bits per heavy atom. The molecular formula is C16H22ClNO3. The van der Waals surface area contributed by atoms with Crippen LogP contribution in [0.25, 0.3) is 0 Å². The molecule has 0 saturated carbocycles. The second-order valence-electron chi connectivity index (χ2n) is 5.50. The first-order chi connectivity index (χ1) is 10.3. The molecule has 1 fully saturated rings. The Bertz CT molecular complexity index is 489. The lowest BCUT2D eigenvalue weighted by Crippen LogP contribution is -2.47. The van der Waals surface area contributed by atoms with Gasteiger partial charge in [-0.15, -0.1) is 0 Å². The minimum Gasteiger partial charge on any atom is -0.493 e. The number of fused-ring (bicyclic) bond motifs is 1. The summed E-state index contributed by atoms with van der Waals surface area (Å²) in [5.41, 5.74) is 2.38. The molecule has 0 bridgehead atoms. The van der Waals surface area contributed by atoms with Gasteiger partial charge in [-0.1, -0.05) is 18.5 Å². The lowest BCUT2D eigenvalue weighted by molar-refractivity contribution is -0.101. The van der Waals surface area contributed by atoms with E-state index in [1.165, 1.54) is 5.56 Å². The zero-order chi connectivity index (χ0) is 14.7. The zero-order valence-electron chi connectivity index (χ0n) is 12.4. The van der Waals surface area contributed by atoms with Gasteiger partial charge in [0, 0.05) is 17.5 Å². The molecule has 1 N–H and O–H groups in total. The van der Waals surface area contributed by atoms with Gasteiger partial charge in [0.1, 0.15) is 5.75 Å². The van der Waals surface area contributed by atoms with Crippen LogP contribution >= 0.6 is 11.6 Å². The molecule has 21 heavy (non-hydrogen) atoms. The predicted molar refractivity (Wildman–Crippen MR) is 82.4 cm³/mol. The Hall–Kier alpha value is -0.810. The average Bonchev–Trinajstić information content (AvgIpc) is 2.96. The summed E-state index contributed by atoms with van der Waals surface area (Å²) >= 11 is 6.24. The molecule has 1 aromatic rings. The summed E-state index contributed by atoms with van der Waals surface area (Å²) in [6, 6.07) is 4.23. The van der Waals surface area contributed by atoms with Gasteiger partial charge in [0.25, 0.3) is 0 Å². The monoisotopic (exact) mass is 311 g/mol. The Morgan fingerprint density at radius 2 is 2.24 bits per heavy atom. The first-order valence-corrected chi connectivity index (χ1v) is 8.02. The third-order valence-electron chi connectivity index (χ3n) is 4.02. The number of hydrogen-bond acceptors (Lipinski definition) is 4. The van der Waals surface area contributed by atoms with E-state index in [-0.39, 0.29) is 12.1 Å². The van der Waals surface area contributed by atoms with Crippen LogP contribution in [-0.2, 0) is 22.3 Å². The fourth-order valence-electron chi connectivity index (χ4n) is 3.07. The van der Waals surface area contributed by atoms with Crippen LogP contribution in [0.5, 0.6) is 5.75 Å². The number of likely N-dealkylation sites (N-methyl/N-ethyl adjacent to an activating group) is 1. The minimum absolute atomic E-state index is 0.0785. The van der Waals surface area contributed by atoms with Crippen molar-refractivity contribution in [3.05, 3.63) is 28.3 Å². The SMILES string of the molecule is CCNC(Cc1cc(Cl)cc2c1OCC2)C1COCCO1. The summed E-state index contributed by atoms with van der Waals surface area (Å²) in [7, 11) is 0. The van der Waals surface area contributed by atoms with Crippen molar-refractivity contribution in [3.63, 3.8) is 0 Å². The molecule has 1 aromatic carbocycles. The van der Waals surface area contributed by atoms with E-state index in [1.807, 2.05) is 12.1 Å². The maximum Gasteiger partial charge on any atom is 0.125 e. The Kier molecular flexibility index (Phi) is 5.01. The maximum atomic E-state index is 6.24. The molecular weight excluding hydrogens is 290 g/mol. The fourth-order valence-corrected chi connectivity index (χ4v) is 3.33. The van der Waals surface area contributed by atoms with Crippen LogP contribution in [-0.4, -0.2) is 45.1 Å². The van der Waals surface area contributed by atoms with Crippen molar-refractivity contribution in [1.82, 2.24) is 5.32 Å². The number of nitrogens with one attached hydrogen (secondary N) is 1. The largest absolute Gasteiger partial charge is 0.493 e. The predicted octanol–water partition coefficient (Wildman–Crippen LogP) is 2.21.